The number of allylic oxidation sites excluding steroid dienone is 2. The van der Waals surface area contributed by atoms with Crippen LogP contribution in [0.15, 0.2) is 34.7 Å². The summed E-state index contributed by atoms with van der Waals surface area (Å²) < 4.78 is 23.4. The van der Waals surface area contributed by atoms with Gasteiger partial charge in [0.15, 0.2) is 9.84 Å². The molecular formula is C17H22O2S. The molecule has 0 N–H and O–H groups in total. The van der Waals surface area contributed by atoms with Crippen molar-refractivity contribution in [3.05, 3.63) is 35.4 Å². The fourth-order valence-electron chi connectivity index (χ4n) is 3.74. The first-order valence-corrected chi connectivity index (χ1v) is 9.47. The summed E-state index contributed by atoms with van der Waals surface area (Å²) in [4.78, 5) is 0.445. The maximum Gasteiger partial charge on any atom is 0.175 e. The maximum absolute atomic E-state index is 11.7. The zero-order valence-corrected chi connectivity index (χ0v) is 12.9. The van der Waals surface area contributed by atoms with E-state index >= 15 is 0 Å². The molecule has 0 aliphatic heterocycles. The first kappa shape index (κ1) is 13.9. The van der Waals surface area contributed by atoms with Crippen molar-refractivity contribution < 1.29 is 8.42 Å². The van der Waals surface area contributed by atoms with Gasteiger partial charge in [0.2, 0.25) is 0 Å². The van der Waals surface area contributed by atoms with E-state index in [0.29, 0.717) is 4.90 Å². The third-order valence-electron chi connectivity index (χ3n) is 4.72. The molecule has 0 unspecified atom stereocenters. The van der Waals surface area contributed by atoms with Crippen LogP contribution in [-0.4, -0.2) is 14.7 Å². The molecule has 0 saturated heterocycles. The molecule has 2 nitrogen and oxygen atoms in total. The Morgan fingerprint density at radius 3 is 2.50 bits per heavy atom. The minimum Gasteiger partial charge on any atom is -0.224 e. The summed E-state index contributed by atoms with van der Waals surface area (Å²) in [5.74, 6) is 0.759. The predicted octanol–water partition coefficient (Wildman–Crippen LogP) is 4.22. The molecule has 0 aromatic heterocycles. The summed E-state index contributed by atoms with van der Waals surface area (Å²) in [5.41, 5.74) is 4.18. The SMILES string of the molecule is CS(=O)(=O)c1cccc(C2=C(C3CCCC3)CCC2)c1. The molecule has 0 spiro atoms. The van der Waals surface area contributed by atoms with Crippen LogP contribution in [0, 0.1) is 5.92 Å². The molecule has 3 rings (SSSR count). The molecular weight excluding hydrogens is 268 g/mol. The van der Waals surface area contributed by atoms with Crippen molar-refractivity contribution in [2.75, 3.05) is 6.26 Å². The summed E-state index contributed by atoms with van der Waals surface area (Å²) >= 11 is 0. The second kappa shape index (κ2) is 5.36. The van der Waals surface area contributed by atoms with Crippen LogP contribution >= 0.6 is 0 Å². The second-order valence-electron chi connectivity index (χ2n) is 6.14. The highest BCUT2D eigenvalue weighted by molar-refractivity contribution is 7.90. The summed E-state index contributed by atoms with van der Waals surface area (Å²) in [7, 11) is -3.11. The Labute approximate surface area is 121 Å². The minimum absolute atomic E-state index is 0.445. The molecule has 2 aliphatic rings. The van der Waals surface area contributed by atoms with E-state index in [1.807, 2.05) is 12.1 Å². The molecule has 20 heavy (non-hydrogen) atoms. The Bertz CT molecular complexity index is 635. The average Bonchev–Trinajstić information content (AvgIpc) is 3.08. The van der Waals surface area contributed by atoms with Gasteiger partial charge < -0.3 is 0 Å². The fraction of sp³-hybridized carbons (Fsp3) is 0.529. The van der Waals surface area contributed by atoms with E-state index in [1.165, 1.54) is 50.4 Å². The van der Waals surface area contributed by atoms with Gasteiger partial charge in [0.25, 0.3) is 0 Å². The average molecular weight is 290 g/mol. The van der Waals surface area contributed by atoms with Gasteiger partial charge in [-0.15, -0.1) is 0 Å². The van der Waals surface area contributed by atoms with Crippen molar-refractivity contribution in [2.45, 2.75) is 49.8 Å². The Kier molecular flexibility index (Phi) is 3.72. The summed E-state index contributed by atoms with van der Waals surface area (Å²) in [6.45, 7) is 0. The quantitative estimate of drug-likeness (QED) is 0.835. The molecule has 0 amide bonds. The number of benzene rings is 1. The lowest BCUT2D eigenvalue weighted by Crippen LogP contribution is -2.00. The van der Waals surface area contributed by atoms with Crippen molar-refractivity contribution in [1.29, 1.82) is 0 Å². The van der Waals surface area contributed by atoms with Gasteiger partial charge in [-0.05, 0) is 61.3 Å². The van der Waals surface area contributed by atoms with Crippen LogP contribution in [0.1, 0.15) is 50.5 Å². The molecule has 108 valence electrons. The third-order valence-corrected chi connectivity index (χ3v) is 5.83. The molecule has 1 fully saturated rings. The van der Waals surface area contributed by atoms with Crippen LogP contribution in [0.25, 0.3) is 5.57 Å². The van der Waals surface area contributed by atoms with Crippen molar-refractivity contribution in [1.82, 2.24) is 0 Å². The van der Waals surface area contributed by atoms with Crippen LogP contribution in [0.2, 0.25) is 0 Å². The number of hydrogen-bond donors (Lipinski definition) is 0. The van der Waals surface area contributed by atoms with Gasteiger partial charge in [0.05, 0.1) is 4.90 Å². The molecule has 0 heterocycles. The standard InChI is InChI=1S/C17H22O2S/c1-20(18,19)15-9-4-8-14(12-15)17-11-5-10-16(17)13-6-2-3-7-13/h4,8-9,12-13H,2-3,5-7,10-11H2,1H3. The van der Waals surface area contributed by atoms with Gasteiger partial charge in [0, 0.05) is 6.26 Å². The molecule has 3 heteroatoms. The van der Waals surface area contributed by atoms with Crippen molar-refractivity contribution in [3.8, 4) is 0 Å². The van der Waals surface area contributed by atoms with E-state index in [2.05, 4.69) is 6.07 Å². The molecule has 0 radical (unpaired) electrons. The molecule has 0 atom stereocenters. The third kappa shape index (κ3) is 2.69. The monoisotopic (exact) mass is 290 g/mol. The molecule has 1 aromatic carbocycles. The largest absolute Gasteiger partial charge is 0.224 e. The van der Waals surface area contributed by atoms with Gasteiger partial charge in [-0.2, -0.15) is 0 Å². The lowest BCUT2D eigenvalue weighted by atomic mass is 9.91. The van der Waals surface area contributed by atoms with Crippen molar-refractivity contribution in [2.24, 2.45) is 5.92 Å². The van der Waals surface area contributed by atoms with Gasteiger partial charge in [-0.1, -0.05) is 30.5 Å². The van der Waals surface area contributed by atoms with Gasteiger partial charge in [-0.3, -0.25) is 0 Å². The lowest BCUT2D eigenvalue weighted by Gasteiger charge is -2.15. The van der Waals surface area contributed by atoms with Gasteiger partial charge >= 0.3 is 0 Å². The highest BCUT2D eigenvalue weighted by Gasteiger charge is 2.26. The van der Waals surface area contributed by atoms with E-state index in [-0.39, 0.29) is 0 Å². The maximum atomic E-state index is 11.7. The van der Waals surface area contributed by atoms with Crippen LogP contribution < -0.4 is 0 Å². The van der Waals surface area contributed by atoms with Crippen LogP contribution in [0.5, 0.6) is 0 Å². The Morgan fingerprint density at radius 1 is 1.05 bits per heavy atom. The highest BCUT2D eigenvalue weighted by Crippen LogP contribution is 2.43. The second-order valence-corrected chi connectivity index (χ2v) is 8.15. The van der Waals surface area contributed by atoms with E-state index in [9.17, 15) is 8.42 Å². The number of hydrogen-bond acceptors (Lipinski definition) is 2. The smallest absolute Gasteiger partial charge is 0.175 e. The lowest BCUT2D eigenvalue weighted by molar-refractivity contribution is 0.602. The zero-order chi connectivity index (χ0) is 14.2. The van der Waals surface area contributed by atoms with Gasteiger partial charge in [0.1, 0.15) is 0 Å². The Hall–Kier alpha value is -1.09. The highest BCUT2D eigenvalue weighted by atomic mass is 32.2. The molecule has 1 aromatic rings. The first-order valence-electron chi connectivity index (χ1n) is 7.58. The normalized spacial score (nSPS) is 20.9. The van der Waals surface area contributed by atoms with E-state index < -0.39 is 9.84 Å². The van der Waals surface area contributed by atoms with Crippen molar-refractivity contribution >= 4 is 15.4 Å². The van der Waals surface area contributed by atoms with Crippen LogP contribution in [-0.2, 0) is 9.84 Å². The summed E-state index contributed by atoms with van der Waals surface area (Å²) in [5, 5.41) is 0. The zero-order valence-electron chi connectivity index (χ0n) is 12.1. The number of rotatable bonds is 3. The topological polar surface area (TPSA) is 34.1 Å². The summed E-state index contributed by atoms with van der Waals surface area (Å²) in [6.07, 6.45) is 10.2. The summed E-state index contributed by atoms with van der Waals surface area (Å²) in [6, 6.07) is 7.52. The van der Waals surface area contributed by atoms with Gasteiger partial charge in [-0.25, -0.2) is 8.42 Å². The Morgan fingerprint density at radius 2 is 1.80 bits per heavy atom. The molecule has 0 bridgehead atoms. The Balaban J connectivity index is 2.01. The first-order chi connectivity index (χ1) is 9.55. The molecule has 2 aliphatic carbocycles. The van der Waals surface area contributed by atoms with E-state index in [0.717, 1.165) is 17.9 Å². The minimum atomic E-state index is -3.11. The van der Waals surface area contributed by atoms with E-state index in [1.54, 1.807) is 11.6 Å². The van der Waals surface area contributed by atoms with Crippen molar-refractivity contribution in [3.63, 3.8) is 0 Å². The fourth-order valence-corrected chi connectivity index (χ4v) is 4.40. The number of sulfone groups is 1. The van der Waals surface area contributed by atoms with Crippen LogP contribution in [0.4, 0.5) is 0 Å². The van der Waals surface area contributed by atoms with E-state index in [4.69, 9.17) is 0 Å². The van der Waals surface area contributed by atoms with Crippen LogP contribution in [0.3, 0.4) is 0 Å². The molecule has 1 saturated carbocycles. The predicted molar refractivity (Wildman–Crippen MR) is 82.3 cm³/mol.